The molecule has 2 amide bonds. The van der Waals surface area contributed by atoms with Crippen molar-refractivity contribution in [2.75, 3.05) is 13.7 Å². The molecule has 4 heteroatoms. The van der Waals surface area contributed by atoms with Crippen LogP contribution in [0.1, 0.15) is 40.0 Å². The Morgan fingerprint density at radius 2 is 2.07 bits per heavy atom. The molecule has 0 aliphatic carbocycles. The number of rotatable bonds is 1. The van der Waals surface area contributed by atoms with Gasteiger partial charge in [-0.25, -0.2) is 4.79 Å². The van der Waals surface area contributed by atoms with Gasteiger partial charge < -0.3 is 10.1 Å². The van der Waals surface area contributed by atoms with Gasteiger partial charge in [-0.3, -0.25) is 4.90 Å². The van der Waals surface area contributed by atoms with Crippen LogP contribution in [0.5, 0.6) is 0 Å². The average molecular weight is 214 g/mol. The lowest BCUT2D eigenvalue weighted by Gasteiger charge is -2.36. The summed E-state index contributed by atoms with van der Waals surface area (Å²) in [4.78, 5) is 13.7. The first-order chi connectivity index (χ1) is 6.94. The van der Waals surface area contributed by atoms with Crippen molar-refractivity contribution in [2.24, 2.45) is 0 Å². The van der Waals surface area contributed by atoms with Crippen molar-refractivity contribution in [2.45, 2.75) is 51.8 Å². The molecule has 0 spiro atoms. The summed E-state index contributed by atoms with van der Waals surface area (Å²) >= 11 is 0. The van der Waals surface area contributed by atoms with Gasteiger partial charge in [0.15, 0.2) is 0 Å². The Morgan fingerprint density at radius 3 is 2.60 bits per heavy atom. The highest BCUT2D eigenvalue weighted by molar-refractivity contribution is 5.75. The van der Waals surface area contributed by atoms with Crippen LogP contribution in [0.4, 0.5) is 4.79 Å². The number of likely N-dealkylation sites (tertiary alicyclic amines) is 1. The minimum atomic E-state index is -0.188. The van der Waals surface area contributed by atoms with Crippen molar-refractivity contribution < 1.29 is 9.53 Å². The largest absolute Gasteiger partial charge is 0.361 e. The van der Waals surface area contributed by atoms with Crippen LogP contribution in [-0.2, 0) is 4.74 Å². The molecule has 1 rings (SSSR count). The SMILES string of the molecule is CO[C@@H]1CCCCN1C(=O)NC(C)(C)C. The van der Waals surface area contributed by atoms with Crippen molar-refractivity contribution in [3.63, 3.8) is 0 Å². The number of nitrogens with zero attached hydrogens (tertiary/aromatic N) is 1. The Kier molecular flexibility index (Phi) is 3.97. The maximum Gasteiger partial charge on any atom is 0.319 e. The molecule has 1 atom stereocenters. The first-order valence-electron chi connectivity index (χ1n) is 5.55. The van der Waals surface area contributed by atoms with E-state index in [9.17, 15) is 4.79 Å². The molecule has 1 aliphatic heterocycles. The van der Waals surface area contributed by atoms with Gasteiger partial charge in [0.25, 0.3) is 0 Å². The third kappa shape index (κ3) is 3.70. The zero-order valence-electron chi connectivity index (χ0n) is 10.2. The molecule has 1 aliphatic rings. The Balaban J connectivity index is 2.56. The van der Waals surface area contributed by atoms with E-state index in [1.165, 1.54) is 0 Å². The van der Waals surface area contributed by atoms with Gasteiger partial charge in [0.1, 0.15) is 6.23 Å². The molecule has 1 N–H and O–H groups in total. The fourth-order valence-corrected chi connectivity index (χ4v) is 1.77. The van der Waals surface area contributed by atoms with Crippen LogP contribution < -0.4 is 5.32 Å². The van der Waals surface area contributed by atoms with Crippen molar-refractivity contribution in [3.8, 4) is 0 Å². The molecule has 0 radical (unpaired) electrons. The van der Waals surface area contributed by atoms with Gasteiger partial charge in [-0.15, -0.1) is 0 Å². The first-order valence-corrected chi connectivity index (χ1v) is 5.55. The van der Waals surface area contributed by atoms with Gasteiger partial charge in [-0.2, -0.15) is 0 Å². The van der Waals surface area contributed by atoms with Crippen LogP contribution in [0.25, 0.3) is 0 Å². The smallest absolute Gasteiger partial charge is 0.319 e. The van der Waals surface area contributed by atoms with Gasteiger partial charge in [0.2, 0.25) is 0 Å². The zero-order valence-corrected chi connectivity index (χ0v) is 10.2. The summed E-state index contributed by atoms with van der Waals surface area (Å²) in [6.45, 7) is 6.74. The molecule has 0 aromatic rings. The van der Waals surface area contributed by atoms with Crippen LogP contribution >= 0.6 is 0 Å². The number of nitrogens with one attached hydrogen (secondary N) is 1. The number of ether oxygens (including phenoxy) is 1. The lowest BCUT2D eigenvalue weighted by atomic mass is 10.1. The van der Waals surface area contributed by atoms with E-state index < -0.39 is 0 Å². The fraction of sp³-hybridized carbons (Fsp3) is 0.909. The number of methoxy groups -OCH3 is 1. The van der Waals surface area contributed by atoms with Gasteiger partial charge in [-0.05, 0) is 40.0 Å². The summed E-state index contributed by atoms with van der Waals surface area (Å²) in [5.74, 6) is 0. The van der Waals surface area contributed by atoms with Crippen molar-refractivity contribution in [3.05, 3.63) is 0 Å². The summed E-state index contributed by atoms with van der Waals surface area (Å²) in [6.07, 6.45) is 3.09. The predicted molar refractivity (Wildman–Crippen MR) is 59.6 cm³/mol. The molecular weight excluding hydrogens is 192 g/mol. The average Bonchev–Trinajstić information content (AvgIpc) is 2.15. The second kappa shape index (κ2) is 4.84. The van der Waals surface area contributed by atoms with Crippen LogP contribution in [0.3, 0.4) is 0 Å². The highest BCUT2D eigenvalue weighted by atomic mass is 16.5. The summed E-state index contributed by atoms with van der Waals surface area (Å²) in [5.41, 5.74) is -0.188. The van der Waals surface area contributed by atoms with E-state index in [1.54, 1.807) is 12.0 Å². The minimum absolute atomic E-state index is 0.0194. The Labute approximate surface area is 92.0 Å². The van der Waals surface area contributed by atoms with Crippen LogP contribution in [-0.4, -0.2) is 36.4 Å². The molecule has 1 fully saturated rings. The second-order valence-corrected chi connectivity index (χ2v) is 5.06. The van der Waals surface area contributed by atoms with E-state index >= 15 is 0 Å². The Morgan fingerprint density at radius 1 is 1.40 bits per heavy atom. The Bertz CT molecular complexity index is 223. The molecule has 15 heavy (non-hydrogen) atoms. The van der Waals surface area contributed by atoms with Gasteiger partial charge in [-0.1, -0.05) is 0 Å². The maximum absolute atomic E-state index is 11.9. The number of carbonyl (C=O) groups is 1. The van der Waals surface area contributed by atoms with E-state index in [2.05, 4.69) is 5.32 Å². The fourth-order valence-electron chi connectivity index (χ4n) is 1.77. The number of hydrogen-bond acceptors (Lipinski definition) is 2. The van der Waals surface area contributed by atoms with Gasteiger partial charge in [0, 0.05) is 19.2 Å². The summed E-state index contributed by atoms with van der Waals surface area (Å²) in [7, 11) is 1.66. The number of urea groups is 1. The molecule has 1 saturated heterocycles. The third-order valence-corrected chi connectivity index (χ3v) is 2.46. The first kappa shape index (κ1) is 12.3. The normalized spacial score (nSPS) is 22.7. The standard InChI is InChI=1S/C11H22N2O2/c1-11(2,3)12-10(14)13-8-6-5-7-9(13)15-4/h9H,5-8H2,1-4H3,(H,12,14)/t9-/m1/s1. The maximum atomic E-state index is 11.9. The number of hydrogen-bond donors (Lipinski definition) is 1. The van der Waals surface area contributed by atoms with Crippen LogP contribution in [0.2, 0.25) is 0 Å². The third-order valence-electron chi connectivity index (χ3n) is 2.46. The monoisotopic (exact) mass is 214 g/mol. The highest BCUT2D eigenvalue weighted by Crippen LogP contribution is 2.18. The lowest BCUT2D eigenvalue weighted by Crippen LogP contribution is -2.53. The van der Waals surface area contributed by atoms with E-state index in [1.807, 2.05) is 20.8 Å². The second-order valence-electron chi connectivity index (χ2n) is 5.06. The molecule has 0 bridgehead atoms. The molecule has 88 valence electrons. The van der Waals surface area contributed by atoms with E-state index in [4.69, 9.17) is 4.74 Å². The molecular formula is C11H22N2O2. The van der Waals surface area contributed by atoms with Crippen LogP contribution in [0, 0.1) is 0 Å². The molecule has 0 unspecified atom stereocenters. The number of amides is 2. The Hall–Kier alpha value is -0.770. The molecule has 4 nitrogen and oxygen atoms in total. The van der Waals surface area contributed by atoms with Crippen molar-refractivity contribution in [1.29, 1.82) is 0 Å². The molecule has 1 heterocycles. The molecule has 0 aromatic heterocycles. The number of carbonyl (C=O) groups excluding carboxylic acids is 1. The zero-order chi connectivity index (χ0) is 11.5. The molecule has 0 saturated carbocycles. The summed E-state index contributed by atoms with van der Waals surface area (Å²) in [5, 5.41) is 2.96. The summed E-state index contributed by atoms with van der Waals surface area (Å²) < 4.78 is 5.30. The van der Waals surface area contributed by atoms with Gasteiger partial charge >= 0.3 is 6.03 Å². The molecule has 0 aromatic carbocycles. The quantitative estimate of drug-likeness (QED) is 0.725. The lowest BCUT2D eigenvalue weighted by molar-refractivity contribution is -0.0312. The van der Waals surface area contributed by atoms with Crippen molar-refractivity contribution in [1.82, 2.24) is 10.2 Å². The van der Waals surface area contributed by atoms with Crippen LogP contribution in [0.15, 0.2) is 0 Å². The summed E-state index contributed by atoms with van der Waals surface area (Å²) in [6, 6.07) is -0.0194. The predicted octanol–water partition coefficient (Wildman–Crippen LogP) is 1.95. The van der Waals surface area contributed by atoms with Gasteiger partial charge in [0.05, 0.1) is 0 Å². The minimum Gasteiger partial charge on any atom is -0.361 e. The van der Waals surface area contributed by atoms with E-state index in [-0.39, 0.29) is 17.8 Å². The number of piperidine rings is 1. The van der Waals surface area contributed by atoms with E-state index in [0.29, 0.717) is 0 Å². The van der Waals surface area contributed by atoms with E-state index in [0.717, 1.165) is 25.8 Å². The highest BCUT2D eigenvalue weighted by Gasteiger charge is 2.28. The van der Waals surface area contributed by atoms with Crippen molar-refractivity contribution >= 4 is 6.03 Å². The topological polar surface area (TPSA) is 41.6 Å².